The van der Waals surface area contributed by atoms with Gasteiger partial charge in [-0.2, -0.15) is 5.10 Å². The SMILES string of the molecule is OCc1ccc2c(cnn2C2CC2)c1. The first-order chi connectivity index (χ1) is 6.88. The van der Waals surface area contributed by atoms with Crippen molar-refractivity contribution in [2.45, 2.75) is 25.5 Å². The molecule has 72 valence electrons. The molecule has 0 aliphatic heterocycles. The molecular weight excluding hydrogens is 176 g/mol. The van der Waals surface area contributed by atoms with Crippen LogP contribution in [0.1, 0.15) is 24.4 Å². The Morgan fingerprint density at radius 1 is 1.43 bits per heavy atom. The number of nitrogens with zero attached hydrogens (tertiary/aromatic N) is 2. The molecule has 0 bridgehead atoms. The van der Waals surface area contributed by atoms with Crippen molar-refractivity contribution in [3.63, 3.8) is 0 Å². The van der Waals surface area contributed by atoms with E-state index < -0.39 is 0 Å². The number of hydrogen-bond donors (Lipinski definition) is 1. The minimum absolute atomic E-state index is 0.102. The number of rotatable bonds is 2. The third-order valence-corrected chi connectivity index (χ3v) is 2.74. The molecule has 0 atom stereocenters. The van der Waals surface area contributed by atoms with Crippen LogP contribution in [0, 0.1) is 0 Å². The lowest BCUT2D eigenvalue weighted by atomic mass is 10.2. The lowest BCUT2D eigenvalue weighted by Gasteiger charge is -2.00. The van der Waals surface area contributed by atoms with E-state index in [2.05, 4.69) is 9.78 Å². The Hall–Kier alpha value is -1.35. The fraction of sp³-hybridized carbons (Fsp3) is 0.364. The quantitative estimate of drug-likeness (QED) is 0.781. The molecule has 1 heterocycles. The highest BCUT2D eigenvalue weighted by molar-refractivity contribution is 5.79. The van der Waals surface area contributed by atoms with E-state index in [4.69, 9.17) is 5.11 Å². The molecule has 1 saturated carbocycles. The van der Waals surface area contributed by atoms with Crippen LogP contribution in [0.4, 0.5) is 0 Å². The zero-order valence-corrected chi connectivity index (χ0v) is 7.85. The lowest BCUT2D eigenvalue weighted by Crippen LogP contribution is -1.94. The molecule has 0 spiro atoms. The molecule has 1 N–H and O–H groups in total. The smallest absolute Gasteiger partial charge is 0.0685 e. The second kappa shape index (κ2) is 2.82. The molecule has 3 nitrogen and oxygen atoms in total. The fourth-order valence-electron chi connectivity index (χ4n) is 1.81. The van der Waals surface area contributed by atoms with Crippen molar-refractivity contribution in [2.24, 2.45) is 0 Å². The van der Waals surface area contributed by atoms with Crippen molar-refractivity contribution in [3.05, 3.63) is 30.0 Å². The molecular formula is C11H12N2O. The summed E-state index contributed by atoms with van der Waals surface area (Å²) in [5, 5.41) is 14.5. The van der Waals surface area contributed by atoms with Crippen LogP contribution < -0.4 is 0 Å². The molecule has 0 saturated heterocycles. The van der Waals surface area contributed by atoms with E-state index in [0.717, 1.165) is 10.9 Å². The van der Waals surface area contributed by atoms with Gasteiger partial charge in [0.25, 0.3) is 0 Å². The highest BCUT2D eigenvalue weighted by Gasteiger charge is 2.25. The zero-order valence-electron chi connectivity index (χ0n) is 7.85. The van der Waals surface area contributed by atoms with E-state index in [1.165, 1.54) is 18.4 Å². The zero-order chi connectivity index (χ0) is 9.54. The van der Waals surface area contributed by atoms with Gasteiger partial charge >= 0.3 is 0 Å². The summed E-state index contributed by atoms with van der Waals surface area (Å²) in [5.41, 5.74) is 2.14. The van der Waals surface area contributed by atoms with Gasteiger partial charge in [0.15, 0.2) is 0 Å². The maximum absolute atomic E-state index is 9.00. The molecule has 0 unspecified atom stereocenters. The summed E-state index contributed by atoms with van der Waals surface area (Å²) in [6, 6.07) is 6.63. The Labute approximate surface area is 82.0 Å². The van der Waals surface area contributed by atoms with Gasteiger partial charge in [0.1, 0.15) is 0 Å². The minimum atomic E-state index is 0.102. The Bertz CT molecular complexity index is 471. The van der Waals surface area contributed by atoms with Gasteiger partial charge in [-0.25, -0.2) is 0 Å². The summed E-state index contributed by atoms with van der Waals surface area (Å²) in [6.45, 7) is 0.102. The number of fused-ring (bicyclic) bond motifs is 1. The van der Waals surface area contributed by atoms with Crippen molar-refractivity contribution in [1.82, 2.24) is 9.78 Å². The molecule has 0 radical (unpaired) electrons. The minimum Gasteiger partial charge on any atom is -0.392 e. The summed E-state index contributed by atoms with van der Waals surface area (Å²) in [5.74, 6) is 0. The maximum Gasteiger partial charge on any atom is 0.0685 e. The van der Waals surface area contributed by atoms with Gasteiger partial charge in [-0.3, -0.25) is 4.68 Å². The Morgan fingerprint density at radius 2 is 2.29 bits per heavy atom. The van der Waals surface area contributed by atoms with Gasteiger partial charge < -0.3 is 5.11 Å². The maximum atomic E-state index is 9.00. The third kappa shape index (κ3) is 1.13. The van der Waals surface area contributed by atoms with Crippen LogP contribution in [0.3, 0.4) is 0 Å². The normalized spacial score (nSPS) is 16.4. The Kier molecular flexibility index (Phi) is 1.61. The van der Waals surface area contributed by atoms with Gasteiger partial charge in [0, 0.05) is 5.39 Å². The fourth-order valence-corrected chi connectivity index (χ4v) is 1.81. The van der Waals surface area contributed by atoms with E-state index in [9.17, 15) is 0 Å². The first-order valence-corrected chi connectivity index (χ1v) is 4.95. The Balaban J connectivity index is 2.17. The lowest BCUT2D eigenvalue weighted by molar-refractivity contribution is 0.282. The second-order valence-corrected chi connectivity index (χ2v) is 3.87. The average molecular weight is 188 g/mol. The number of hydrogen-bond acceptors (Lipinski definition) is 2. The van der Waals surface area contributed by atoms with Crippen LogP contribution in [0.5, 0.6) is 0 Å². The summed E-state index contributed by atoms with van der Waals surface area (Å²) in [6.07, 6.45) is 4.38. The monoisotopic (exact) mass is 188 g/mol. The highest BCUT2D eigenvalue weighted by Crippen LogP contribution is 2.36. The predicted molar refractivity (Wildman–Crippen MR) is 53.9 cm³/mol. The van der Waals surface area contributed by atoms with E-state index in [1.807, 2.05) is 24.4 Å². The number of benzene rings is 1. The summed E-state index contributed by atoms with van der Waals surface area (Å²) < 4.78 is 2.09. The standard InChI is InChI=1S/C11H12N2O/c14-7-8-1-4-11-9(5-8)6-12-13(11)10-2-3-10/h1,4-6,10,14H,2-3,7H2. The van der Waals surface area contributed by atoms with Gasteiger partial charge in [0.2, 0.25) is 0 Å². The largest absolute Gasteiger partial charge is 0.392 e. The number of aliphatic hydroxyl groups excluding tert-OH is 1. The van der Waals surface area contributed by atoms with Crippen LogP contribution in [0.25, 0.3) is 10.9 Å². The van der Waals surface area contributed by atoms with Crippen molar-refractivity contribution >= 4 is 10.9 Å². The summed E-state index contributed by atoms with van der Waals surface area (Å²) in [7, 11) is 0. The van der Waals surface area contributed by atoms with Crippen LogP contribution >= 0.6 is 0 Å². The summed E-state index contributed by atoms with van der Waals surface area (Å²) in [4.78, 5) is 0. The molecule has 3 heteroatoms. The molecule has 1 aromatic heterocycles. The van der Waals surface area contributed by atoms with Crippen LogP contribution in [-0.4, -0.2) is 14.9 Å². The molecule has 3 rings (SSSR count). The number of aliphatic hydroxyl groups is 1. The summed E-state index contributed by atoms with van der Waals surface area (Å²) >= 11 is 0. The Morgan fingerprint density at radius 3 is 3.00 bits per heavy atom. The molecule has 1 aromatic carbocycles. The van der Waals surface area contributed by atoms with Gasteiger partial charge in [-0.05, 0) is 30.5 Å². The van der Waals surface area contributed by atoms with Crippen molar-refractivity contribution in [3.8, 4) is 0 Å². The van der Waals surface area contributed by atoms with Gasteiger partial charge in [0.05, 0.1) is 24.4 Å². The van der Waals surface area contributed by atoms with Crippen LogP contribution in [0.15, 0.2) is 24.4 Å². The molecule has 0 amide bonds. The molecule has 14 heavy (non-hydrogen) atoms. The first kappa shape index (κ1) is 8.00. The topological polar surface area (TPSA) is 38.1 Å². The van der Waals surface area contributed by atoms with Crippen molar-refractivity contribution < 1.29 is 5.11 Å². The predicted octanol–water partition coefficient (Wildman–Crippen LogP) is 1.86. The van der Waals surface area contributed by atoms with E-state index in [0.29, 0.717) is 6.04 Å². The van der Waals surface area contributed by atoms with Gasteiger partial charge in [-0.1, -0.05) is 6.07 Å². The van der Waals surface area contributed by atoms with Gasteiger partial charge in [-0.15, -0.1) is 0 Å². The van der Waals surface area contributed by atoms with Crippen molar-refractivity contribution in [1.29, 1.82) is 0 Å². The van der Waals surface area contributed by atoms with E-state index in [1.54, 1.807) is 0 Å². The molecule has 2 aromatic rings. The van der Waals surface area contributed by atoms with Crippen molar-refractivity contribution in [2.75, 3.05) is 0 Å². The first-order valence-electron chi connectivity index (χ1n) is 4.95. The van der Waals surface area contributed by atoms with E-state index in [-0.39, 0.29) is 6.61 Å². The van der Waals surface area contributed by atoms with Crippen LogP contribution in [-0.2, 0) is 6.61 Å². The molecule has 1 aliphatic rings. The van der Waals surface area contributed by atoms with Crippen LogP contribution in [0.2, 0.25) is 0 Å². The average Bonchev–Trinajstić information content (AvgIpc) is 2.98. The number of aromatic nitrogens is 2. The molecule has 1 aliphatic carbocycles. The highest BCUT2D eigenvalue weighted by atomic mass is 16.3. The molecule has 1 fully saturated rings. The second-order valence-electron chi connectivity index (χ2n) is 3.87. The van der Waals surface area contributed by atoms with E-state index >= 15 is 0 Å². The third-order valence-electron chi connectivity index (χ3n) is 2.74.